The summed E-state index contributed by atoms with van der Waals surface area (Å²) in [7, 11) is 0. The van der Waals surface area contributed by atoms with Gasteiger partial charge in [-0.2, -0.15) is 0 Å². The molecule has 3 N–H and O–H groups in total. The number of aliphatic carboxylic acids is 1. The molecule has 0 aromatic rings. The quantitative estimate of drug-likeness (QED) is 0.572. The summed E-state index contributed by atoms with van der Waals surface area (Å²) in [5.41, 5.74) is 5.29. The number of alkyl halides is 1. The van der Waals surface area contributed by atoms with Gasteiger partial charge < -0.3 is 10.8 Å². The van der Waals surface area contributed by atoms with Crippen LogP contribution < -0.4 is 5.73 Å². The van der Waals surface area contributed by atoms with E-state index in [1.165, 1.54) is 12.2 Å². The standard InChI is InChI=1S/C7H8FNO2/c8-5-2-1-4(7(10)11)3-6(5)9/h1-3,5-6H,9H2,(H,10,11). The molecule has 0 saturated carbocycles. The van der Waals surface area contributed by atoms with Gasteiger partial charge in [0.2, 0.25) is 0 Å². The van der Waals surface area contributed by atoms with Crippen molar-refractivity contribution in [2.24, 2.45) is 5.73 Å². The molecule has 60 valence electrons. The number of hydrogen-bond donors (Lipinski definition) is 2. The number of hydrogen-bond acceptors (Lipinski definition) is 2. The summed E-state index contributed by atoms with van der Waals surface area (Å²) in [6, 6.07) is -0.828. The molecule has 1 aliphatic rings. The molecule has 0 spiro atoms. The Labute approximate surface area is 63.0 Å². The Balaban J connectivity index is 2.80. The lowest BCUT2D eigenvalue weighted by Crippen LogP contribution is -2.31. The predicted octanol–water partition coefficient (Wildman–Crippen LogP) is 0.233. The van der Waals surface area contributed by atoms with Crippen molar-refractivity contribution in [1.82, 2.24) is 0 Å². The van der Waals surface area contributed by atoms with Gasteiger partial charge in [-0.3, -0.25) is 0 Å². The molecule has 0 fully saturated rings. The zero-order chi connectivity index (χ0) is 8.43. The molecule has 0 radical (unpaired) electrons. The van der Waals surface area contributed by atoms with Crippen molar-refractivity contribution in [3.63, 3.8) is 0 Å². The highest BCUT2D eigenvalue weighted by Crippen LogP contribution is 2.12. The first-order valence-electron chi connectivity index (χ1n) is 3.14. The zero-order valence-corrected chi connectivity index (χ0v) is 5.70. The van der Waals surface area contributed by atoms with E-state index in [2.05, 4.69) is 0 Å². The molecule has 2 unspecified atom stereocenters. The Morgan fingerprint density at radius 1 is 1.73 bits per heavy atom. The van der Waals surface area contributed by atoms with Crippen molar-refractivity contribution < 1.29 is 14.3 Å². The average Bonchev–Trinajstić information content (AvgIpc) is 1.94. The fourth-order valence-corrected chi connectivity index (χ4v) is 0.821. The van der Waals surface area contributed by atoms with Crippen LogP contribution >= 0.6 is 0 Å². The lowest BCUT2D eigenvalue weighted by molar-refractivity contribution is -0.132. The molecule has 0 aromatic carbocycles. The number of carboxylic acid groups (broad SMARTS) is 1. The van der Waals surface area contributed by atoms with E-state index in [0.29, 0.717) is 0 Å². The third kappa shape index (κ3) is 1.65. The van der Waals surface area contributed by atoms with Crippen molar-refractivity contribution in [1.29, 1.82) is 0 Å². The Bertz CT molecular complexity index is 235. The normalized spacial score (nSPS) is 29.8. The lowest BCUT2D eigenvalue weighted by atomic mass is 10.0. The maximum atomic E-state index is 12.6. The van der Waals surface area contributed by atoms with E-state index < -0.39 is 18.2 Å². The van der Waals surface area contributed by atoms with Crippen LogP contribution in [0.2, 0.25) is 0 Å². The van der Waals surface area contributed by atoms with E-state index in [1.807, 2.05) is 0 Å². The molecule has 0 heterocycles. The summed E-state index contributed by atoms with van der Waals surface area (Å²) in [6.45, 7) is 0. The van der Waals surface area contributed by atoms with Crippen LogP contribution in [0.4, 0.5) is 4.39 Å². The third-order valence-corrected chi connectivity index (χ3v) is 1.45. The number of carboxylic acids is 1. The number of rotatable bonds is 1. The largest absolute Gasteiger partial charge is 0.478 e. The first-order chi connectivity index (χ1) is 5.11. The second-order valence-electron chi connectivity index (χ2n) is 2.31. The highest BCUT2D eigenvalue weighted by atomic mass is 19.1. The summed E-state index contributed by atoms with van der Waals surface area (Å²) in [5, 5.41) is 8.44. The molecule has 3 nitrogen and oxygen atoms in total. The van der Waals surface area contributed by atoms with Gasteiger partial charge >= 0.3 is 5.97 Å². The van der Waals surface area contributed by atoms with Crippen molar-refractivity contribution in [3.05, 3.63) is 23.8 Å². The van der Waals surface area contributed by atoms with Crippen LogP contribution in [0.15, 0.2) is 23.8 Å². The molecule has 1 rings (SSSR count). The minimum absolute atomic E-state index is 0.0476. The minimum atomic E-state index is -1.27. The van der Waals surface area contributed by atoms with Crippen LogP contribution in [0.1, 0.15) is 0 Å². The van der Waals surface area contributed by atoms with Gasteiger partial charge in [0, 0.05) is 0 Å². The van der Waals surface area contributed by atoms with Crippen molar-refractivity contribution in [3.8, 4) is 0 Å². The first-order valence-corrected chi connectivity index (χ1v) is 3.14. The molecule has 2 atom stereocenters. The van der Waals surface area contributed by atoms with Crippen LogP contribution in [-0.4, -0.2) is 23.3 Å². The maximum Gasteiger partial charge on any atom is 0.335 e. The van der Waals surface area contributed by atoms with Crippen molar-refractivity contribution in [2.45, 2.75) is 12.2 Å². The molecule has 11 heavy (non-hydrogen) atoms. The Hall–Kier alpha value is -1.16. The predicted molar refractivity (Wildman–Crippen MR) is 37.7 cm³/mol. The molecule has 4 heteroatoms. The number of nitrogens with two attached hydrogens (primary N) is 1. The van der Waals surface area contributed by atoms with Gasteiger partial charge in [0.1, 0.15) is 6.17 Å². The molecule has 0 saturated heterocycles. The summed E-state index contributed by atoms with van der Waals surface area (Å²) in [6.07, 6.45) is 2.30. The smallest absolute Gasteiger partial charge is 0.335 e. The monoisotopic (exact) mass is 157 g/mol. The zero-order valence-electron chi connectivity index (χ0n) is 5.70. The maximum absolute atomic E-state index is 12.6. The van der Waals surface area contributed by atoms with Gasteiger partial charge in [-0.25, -0.2) is 9.18 Å². The van der Waals surface area contributed by atoms with Crippen LogP contribution in [0.3, 0.4) is 0 Å². The second-order valence-corrected chi connectivity index (χ2v) is 2.31. The van der Waals surface area contributed by atoms with E-state index in [4.69, 9.17) is 10.8 Å². The minimum Gasteiger partial charge on any atom is -0.478 e. The Morgan fingerprint density at radius 3 is 2.82 bits per heavy atom. The van der Waals surface area contributed by atoms with E-state index >= 15 is 0 Å². The lowest BCUT2D eigenvalue weighted by Gasteiger charge is -2.13. The van der Waals surface area contributed by atoms with E-state index in [-0.39, 0.29) is 5.57 Å². The van der Waals surface area contributed by atoms with Crippen LogP contribution in [0, 0.1) is 0 Å². The van der Waals surface area contributed by atoms with E-state index in [9.17, 15) is 9.18 Å². The molecule has 0 bridgehead atoms. The van der Waals surface area contributed by atoms with Crippen molar-refractivity contribution >= 4 is 5.97 Å². The molecule has 0 amide bonds. The summed E-state index contributed by atoms with van der Waals surface area (Å²) >= 11 is 0. The molecule has 0 aromatic heterocycles. The highest BCUT2D eigenvalue weighted by Gasteiger charge is 2.18. The molecular formula is C7H8FNO2. The number of carbonyl (C=O) groups is 1. The van der Waals surface area contributed by atoms with Crippen LogP contribution in [0.5, 0.6) is 0 Å². The van der Waals surface area contributed by atoms with Gasteiger partial charge in [-0.15, -0.1) is 0 Å². The van der Waals surface area contributed by atoms with E-state index in [1.54, 1.807) is 0 Å². The fourth-order valence-electron chi connectivity index (χ4n) is 0.821. The van der Waals surface area contributed by atoms with Crippen LogP contribution in [-0.2, 0) is 4.79 Å². The third-order valence-electron chi connectivity index (χ3n) is 1.45. The Kier molecular flexibility index (Phi) is 2.05. The summed E-state index contributed by atoms with van der Waals surface area (Å²) in [4.78, 5) is 10.3. The topological polar surface area (TPSA) is 63.3 Å². The molecular weight excluding hydrogens is 149 g/mol. The summed E-state index contributed by atoms with van der Waals surface area (Å²) < 4.78 is 12.6. The first kappa shape index (κ1) is 7.94. The highest BCUT2D eigenvalue weighted by molar-refractivity contribution is 5.90. The number of halogens is 1. The molecule has 1 aliphatic carbocycles. The van der Waals surface area contributed by atoms with Gasteiger partial charge in [0.05, 0.1) is 11.6 Å². The van der Waals surface area contributed by atoms with Crippen LogP contribution in [0.25, 0.3) is 0 Å². The SMILES string of the molecule is NC1C=C(C(=O)O)C=CC1F. The fraction of sp³-hybridized carbons (Fsp3) is 0.286. The van der Waals surface area contributed by atoms with Crippen molar-refractivity contribution in [2.75, 3.05) is 0 Å². The van der Waals surface area contributed by atoms with Gasteiger partial charge in [0.25, 0.3) is 0 Å². The molecule has 0 aliphatic heterocycles. The van der Waals surface area contributed by atoms with Gasteiger partial charge in [-0.05, 0) is 12.2 Å². The average molecular weight is 157 g/mol. The summed E-state index contributed by atoms with van der Waals surface area (Å²) in [5.74, 6) is -1.08. The van der Waals surface area contributed by atoms with Gasteiger partial charge in [-0.1, -0.05) is 6.08 Å². The Morgan fingerprint density at radius 2 is 2.36 bits per heavy atom. The second kappa shape index (κ2) is 2.84. The van der Waals surface area contributed by atoms with E-state index in [0.717, 1.165) is 6.08 Å². The van der Waals surface area contributed by atoms with Gasteiger partial charge in [0.15, 0.2) is 0 Å².